The van der Waals surface area contributed by atoms with Gasteiger partial charge in [0, 0.05) is 56.2 Å². The number of rotatable bonds is 15. The van der Waals surface area contributed by atoms with E-state index in [0.29, 0.717) is 83.7 Å². The van der Waals surface area contributed by atoms with E-state index in [1.807, 2.05) is 66.9 Å². The molecule has 0 saturated carbocycles. The number of amides is 2. The molecule has 3 aliphatic heterocycles. The van der Waals surface area contributed by atoms with E-state index in [1.54, 1.807) is 62.3 Å². The van der Waals surface area contributed by atoms with Crippen LogP contribution in [0.25, 0.3) is 0 Å². The van der Waals surface area contributed by atoms with Crippen molar-refractivity contribution in [2.75, 3.05) is 49.5 Å². The fraction of sp³-hybridized carbons (Fsp3) is 0.277. The summed E-state index contributed by atoms with van der Waals surface area (Å²) in [6, 6.07) is 28.3. The number of anilines is 3. The third kappa shape index (κ3) is 8.03. The largest absolute Gasteiger partial charge is 0.494 e. The van der Waals surface area contributed by atoms with Gasteiger partial charge in [0.15, 0.2) is 23.0 Å². The summed E-state index contributed by atoms with van der Waals surface area (Å²) in [6.45, 7) is 2.80. The van der Waals surface area contributed by atoms with Crippen molar-refractivity contribution < 1.29 is 38.1 Å². The number of ketones is 1. The number of nitrogens with one attached hydrogen (secondary N) is 1. The molecule has 0 bridgehead atoms. The van der Waals surface area contributed by atoms with Gasteiger partial charge in [-0.1, -0.05) is 36.4 Å². The van der Waals surface area contributed by atoms with Gasteiger partial charge < -0.3 is 38.7 Å². The van der Waals surface area contributed by atoms with Gasteiger partial charge in [-0.05, 0) is 84.5 Å². The molecule has 0 saturated heterocycles. The smallest absolute Gasteiger partial charge is 0.261 e. The number of nitrogens with zero attached hydrogens (tertiary/aromatic N) is 3. The second-order valence-electron chi connectivity index (χ2n) is 14.7. The third-order valence-electron chi connectivity index (χ3n) is 10.8. The highest BCUT2D eigenvalue weighted by molar-refractivity contribution is 6.15. The SMILES string of the molecule is CNc1cc(OCc2cc(COc3cc4c(cc3OC)C(=O)N3c5ccccc5C[C@H]3C=N4)cc(OCCCC(C)=O)c2)c(OC)cc1C(=O)N1CCc2ccccc21. The van der Waals surface area contributed by atoms with Crippen molar-refractivity contribution in [3.63, 3.8) is 0 Å². The van der Waals surface area contributed by atoms with Gasteiger partial charge in [-0.25, -0.2) is 0 Å². The van der Waals surface area contributed by atoms with Crippen LogP contribution >= 0.6 is 0 Å². The Morgan fingerprint density at radius 3 is 2.19 bits per heavy atom. The first-order chi connectivity index (χ1) is 28.7. The molecule has 302 valence electrons. The number of fused-ring (bicyclic) bond motifs is 5. The van der Waals surface area contributed by atoms with E-state index in [1.165, 1.54) is 0 Å². The number of para-hydroxylation sites is 2. The number of methoxy groups -OCH3 is 2. The highest BCUT2D eigenvalue weighted by Crippen LogP contribution is 2.42. The average molecular weight is 795 g/mol. The maximum atomic E-state index is 13.9. The number of ether oxygens (including phenoxy) is 5. The molecule has 12 nitrogen and oxygen atoms in total. The Kier molecular flexibility index (Phi) is 11.2. The Morgan fingerprint density at radius 2 is 1.47 bits per heavy atom. The lowest BCUT2D eigenvalue weighted by molar-refractivity contribution is -0.117. The van der Waals surface area contributed by atoms with Crippen LogP contribution in [0.15, 0.2) is 96.0 Å². The standard InChI is InChI=1S/C47H46N4O8/c1-29(52)10-9-17-57-35-19-30(27-58-44-24-38(48-2)36(22-42(44)55-3)46(53)50-16-15-32-11-5-7-13-40(32)50)18-31(20-35)28-59-45-25-39-37(23-43(45)56-4)47(54)51-34(26-49-39)21-33-12-6-8-14-41(33)51/h5-8,11-14,18-20,22-26,34,48H,9-10,15-17,21,27-28H2,1-4H3/t34-/m0/s1. The summed E-state index contributed by atoms with van der Waals surface area (Å²) in [5.74, 6) is 2.13. The molecule has 1 atom stereocenters. The van der Waals surface area contributed by atoms with Crippen molar-refractivity contribution >= 4 is 46.6 Å². The Morgan fingerprint density at radius 1 is 0.797 bits per heavy atom. The van der Waals surface area contributed by atoms with Crippen LogP contribution < -0.4 is 38.8 Å². The molecule has 5 aromatic carbocycles. The number of aliphatic imine (C=N–C) groups is 1. The van der Waals surface area contributed by atoms with Crippen LogP contribution in [0.4, 0.5) is 22.7 Å². The minimum Gasteiger partial charge on any atom is -0.494 e. The zero-order valence-electron chi connectivity index (χ0n) is 33.6. The number of benzene rings is 5. The normalized spacial score (nSPS) is 14.8. The summed E-state index contributed by atoms with van der Waals surface area (Å²) in [6.07, 6.45) is 4.32. The summed E-state index contributed by atoms with van der Waals surface area (Å²) in [5, 5.41) is 3.17. The van der Waals surface area contributed by atoms with E-state index in [4.69, 9.17) is 28.7 Å². The first-order valence-electron chi connectivity index (χ1n) is 19.7. The van der Waals surface area contributed by atoms with Gasteiger partial charge in [0.05, 0.1) is 49.4 Å². The third-order valence-corrected chi connectivity index (χ3v) is 10.8. The van der Waals surface area contributed by atoms with E-state index in [-0.39, 0.29) is 36.9 Å². The van der Waals surface area contributed by atoms with Crippen LogP contribution in [0.3, 0.4) is 0 Å². The second kappa shape index (κ2) is 17.0. The highest BCUT2D eigenvalue weighted by Gasteiger charge is 2.36. The van der Waals surface area contributed by atoms with Crippen LogP contribution in [-0.2, 0) is 30.8 Å². The Labute approximate surface area is 343 Å². The second-order valence-corrected chi connectivity index (χ2v) is 14.7. The Balaban J connectivity index is 1.02. The number of carbonyl (C=O) groups is 3. The predicted molar refractivity (Wildman–Crippen MR) is 227 cm³/mol. The van der Waals surface area contributed by atoms with Crippen molar-refractivity contribution in [1.82, 2.24) is 0 Å². The lowest BCUT2D eigenvalue weighted by Crippen LogP contribution is -2.37. The molecule has 1 N–H and O–H groups in total. The summed E-state index contributed by atoms with van der Waals surface area (Å²) < 4.78 is 30.4. The van der Waals surface area contributed by atoms with Gasteiger partial charge in [-0.3, -0.25) is 19.5 Å². The van der Waals surface area contributed by atoms with Gasteiger partial charge in [-0.15, -0.1) is 0 Å². The molecule has 3 heterocycles. The molecule has 0 spiro atoms. The van der Waals surface area contributed by atoms with Crippen LogP contribution in [0.2, 0.25) is 0 Å². The molecule has 0 aliphatic carbocycles. The minimum atomic E-state index is -0.181. The summed E-state index contributed by atoms with van der Waals surface area (Å²) in [4.78, 5) is 47.7. The zero-order valence-corrected chi connectivity index (χ0v) is 33.6. The molecule has 5 aromatic rings. The molecule has 0 unspecified atom stereocenters. The minimum absolute atomic E-state index is 0.101. The van der Waals surface area contributed by atoms with Crippen molar-refractivity contribution in [1.29, 1.82) is 0 Å². The summed E-state index contributed by atoms with van der Waals surface area (Å²) >= 11 is 0. The van der Waals surface area contributed by atoms with Crippen LogP contribution in [0.5, 0.6) is 28.7 Å². The average Bonchev–Trinajstić information content (AvgIpc) is 3.83. The lowest BCUT2D eigenvalue weighted by atomic mass is 10.1. The fourth-order valence-corrected chi connectivity index (χ4v) is 7.91. The first kappa shape index (κ1) is 39.0. The topological polar surface area (TPSA) is 128 Å². The highest BCUT2D eigenvalue weighted by atomic mass is 16.5. The summed E-state index contributed by atoms with van der Waals surface area (Å²) in [7, 11) is 4.86. The van der Waals surface area contributed by atoms with E-state index < -0.39 is 0 Å². The lowest BCUT2D eigenvalue weighted by Gasteiger charge is -2.22. The molecular weight excluding hydrogens is 749 g/mol. The maximum Gasteiger partial charge on any atom is 0.261 e. The van der Waals surface area contributed by atoms with Crippen molar-refractivity contribution in [3.8, 4) is 28.7 Å². The van der Waals surface area contributed by atoms with Gasteiger partial charge in [-0.2, -0.15) is 0 Å². The number of hydrogen-bond acceptors (Lipinski definition) is 10. The summed E-state index contributed by atoms with van der Waals surface area (Å²) in [5.41, 5.74) is 7.65. The van der Waals surface area contributed by atoms with Crippen LogP contribution in [-0.4, -0.2) is 64.3 Å². The zero-order chi connectivity index (χ0) is 41.0. The van der Waals surface area contributed by atoms with Crippen LogP contribution in [0.1, 0.15) is 62.7 Å². The molecule has 2 amide bonds. The molecule has 0 radical (unpaired) electrons. The molecule has 3 aliphatic rings. The predicted octanol–water partition coefficient (Wildman–Crippen LogP) is 8.14. The quantitative estimate of drug-likeness (QED) is 0.105. The maximum absolute atomic E-state index is 13.9. The van der Waals surface area contributed by atoms with Gasteiger partial charge in [0.2, 0.25) is 0 Å². The van der Waals surface area contributed by atoms with Gasteiger partial charge >= 0.3 is 0 Å². The molecule has 8 rings (SSSR count). The van der Waals surface area contributed by atoms with E-state index in [0.717, 1.165) is 40.0 Å². The molecule has 59 heavy (non-hydrogen) atoms. The number of carbonyl (C=O) groups excluding carboxylic acids is 3. The van der Waals surface area contributed by atoms with Gasteiger partial charge in [0.1, 0.15) is 24.7 Å². The Hall–Kier alpha value is -6.82. The molecular formula is C47H46N4O8. The van der Waals surface area contributed by atoms with Crippen LogP contribution in [0, 0.1) is 0 Å². The monoisotopic (exact) mass is 794 g/mol. The number of hydrogen-bond donors (Lipinski definition) is 1. The molecule has 0 fully saturated rings. The Bertz CT molecular complexity index is 2460. The van der Waals surface area contributed by atoms with Crippen molar-refractivity contribution in [3.05, 3.63) is 124 Å². The van der Waals surface area contributed by atoms with E-state index in [9.17, 15) is 14.4 Å². The fourth-order valence-electron chi connectivity index (χ4n) is 7.91. The van der Waals surface area contributed by atoms with E-state index >= 15 is 0 Å². The van der Waals surface area contributed by atoms with E-state index in [2.05, 4.69) is 11.4 Å². The van der Waals surface area contributed by atoms with Crippen molar-refractivity contribution in [2.24, 2.45) is 4.99 Å². The molecule has 12 heteroatoms. The van der Waals surface area contributed by atoms with Gasteiger partial charge in [0.25, 0.3) is 11.8 Å². The van der Waals surface area contributed by atoms with Crippen molar-refractivity contribution in [2.45, 2.75) is 51.9 Å². The first-order valence-corrected chi connectivity index (χ1v) is 19.7. The molecule has 0 aromatic heterocycles. The number of Topliss-reactive ketones (excluding diaryl/α,β-unsaturated/α-hetero) is 1.